The van der Waals surface area contributed by atoms with Crippen molar-refractivity contribution in [2.75, 3.05) is 0 Å². The van der Waals surface area contributed by atoms with Gasteiger partial charge in [-0.25, -0.2) is 9.50 Å². The molecule has 3 aromatic heterocycles. The Bertz CT molecular complexity index is 1390. The Morgan fingerprint density at radius 2 is 1.58 bits per heavy atom. The quantitative estimate of drug-likeness (QED) is 0.418. The van der Waals surface area contributed by atoms with E-state index < -0.39 is 11.9 Å². The van der Waals surface area contributed by atoms with Crippen molar-refractivity contribution >= 4 is 5.65 Å². The molecule has 0 aliphatic heterocycles. The summed E-state index contributed by atoms with van der Waals surface area (Å²) in [4.78, 5) is 4.39. The standard InChI is InChI=1S/C22H15F3N6/c1-30-13-26-28-21(30)19-15(14-7-3-2-4-8-14)9-5-10-16(19)20-27-18-12-6-11-17(22(23,24)25)31(18)29-20/h2-13H,1H3. The van der Waals surface area contributed by atoms with E-state index in [2.05, 4.69) is 20.3 Å². The summed E-state index contributed by atoms with van der Waals surface area (Å²) < 4.78 is 43.0. The molecular weight excluding hydrogens is 405 g/mol. The lowest BCUT2D eigenvalue weighted by Gasteiger charge is -2.13. The fourth-order valence-corrected chi connectivity index (χ4v) is 3.58. The molecule has 0 fully saturated rings. The molecule has 0 atom stereocenters. The average Bonchev–Trinajstić information content (AvgIpc) is 3.38. The summed E-state index contributed by atoms with van der Waals surface area (Å²) in [6.07, 6.45) is -2.98. The molecule has 0 saturated carbocycles. The monoisotopic (exact) mass is 420 g/mol. The SMILES string of the molecule is Cn1cnnc1-c1c(-c2ccccc2)cccc1-c1nc2cccc(C(F)(F)F)n2n1. The second-order valence-corrected chi connectivity index (χ2v) is 6.97. The van der Waals surface area contributed by atoms with Crippen LogP contribution in [0.15, 0.2) is 73.1 Å². The first kappa shape index (κ1) is 19.0. The number of nitrogens with zero attached hydrogens (tertiary/aromatic N) is 6. The highest BCUT2D eigenvalue weighted by Gasteiger charge is 2.34. The van der Waals surface area contributed by atoms with Gasteiger partial charge in [-0.2, -0.15) is 13.2 Å². The normalized spacial score (nSPS) is 11.9. The van der Waals surface area contributed by atoms with Crippen molar-refractivity contribution in [1.29, 1.82) is 0 Å². The van der Waals surface area contributed by atoms with Gasteiger partial charge in [-0.3, -0.25) is 0 Å². The molecule has 0 radical (unpaired) electrons. The first-order valence-electron chi connectivity index (χ1n) is 9.39. The van der Waals surface area contributed by atoms with Gasteiger partial charge in [0.25, 0.3) is 0 Å². The number of aryl methyl sites for hydroxylation is 1. The summed E-state index contributed by atoms with van der Waals surface area (Å²) in [6.45, 7) is 0. The van der Waals surface area contributed by atoms with Crippen LogP contribution in [0.2, 0.25) is 0 Å². The zero-order chi connectivity index (χ0) is 21.6. The molecule has 0 bridgehead atoms. The van der Waals surface area contributed by atoms with E-state index in [0.717, 1.165) is 21.7 Å². The third kappa shape index (κ3) is 3.24. The van der Waals surface area contributed by atoms with Gasteiger partial charge in [0.2, 0.25) is 0 Å². The van der Waals surface area contributed by atoms with Crippen LogP contribution in [0.5, 0.6) is 0 Å². The second kappa shape index (κ2) is 7.05. The third-order valence-corrected chi connectivity index (χ3v) is 4.98. The largest absolute Gasteiger partial charge is 0.433 e. The first-order chi connectivity index (χ1) is 14.9. The molecule has 3 heterocycles. The molecule has 0 aliphatic rings. The van der Waals surface area contributed by atoms with Gasteiger partial charge in [0, 0.05) is 18.2 Å². The maximum absolute atomic E-state index is 13.5. The predicted octanol–water partition coefficient (Wildman–Crippen LogP) is 4.88. The molecule has 5 rings (SSSR count). The van der Waals surface area contributed by atoms with E-state index in [1.807, 2.05) is 42.5 Å². The van der Waals surface area contributed by atoms with Crippen molar-refractivity contribution in [2.24, 2.45) is 7.05 Å². The van der Waals surface area contributed by atoms with Crippen molar-refractivity contribution in [1.82, 2.24) is 29.4 Å². The minimum Gasteiger partial charge on any atom is -0.317 e. The molecule has 0 saturated heterocycles. The lowest BCUT2D eigenvalue weighted by molar-refractivity contribution is -0.142. The Balaban J connectivity index is 1.80. The maximum Gasteiger partial charge on any atom is 0.433 e. The number of hydrogen-bond acceptors (Lipinski definition) is 4. The summed E-state index contributed by atoms with van der Waals surface area (Å²) in [5, 5.41) is 12.4. The molecule has 6 nitrogen and oxygen atoms in total. The molecule has 0 spiro atoms. The zero-order valence-corrected chi connectivity index (χ0v) is 16.2. The fourth-order valence-electron chi connectivity index (χ4n) is 3.58. The van der Waals surface area contributed by atoms with Gasteiger partial charge in [-0.15, -0.1) is 15.3 Å². The van der Waals surface area contributed by atoms with Crippen LogP contribution >= 0.6 is 0 Å². The van der Waals surface area contributed by atoms with Crippen LogP contribution in [0.3, 0.4) is 0 Å². The Kier molecular flexibility index (Phi) is 4.32. The van der Waals surface area contributed by atoms with Crippen LogP contribution in [0.4, 0.5) is 13.2 Å². The Morgan fingerprint density at radius 1 is 0.839 bits per heavy atom. The second-order valence-electron chi connectivity index (χ2n) is 6.97. The average molecular weight is 420 g/mol. The van der Waals surface area contributed by atoms with Crippen molar-refractivity contribution in [3.63, 3.8) is 0 Å². The molecule has 0 unspecified atom stereocenters. The smallest absolute Gasteiger partial charge is 0.317 e. The van der Waals surface area contributed by atoms with Gasteiger partial charge < -0.3 is 4.57 Å². The van der Waals surface area contributed by atoms with E-state index in [4.69, 9.17) is 0 Å². The minimum atomic E-state index is -4.55. The van der Waals surface area contributed by atoms with Crippen molar-refractivity contribution in [3.8, 4) is 33.9 Å². The molecule has 9 heteroatoms. The number of benzene rings is 2. The highest BCUT2D eigenvalue weighted by atomic mass is 19.4. The van der Waals surface area contributed by atoms with Gasteiger partial charge in [0.15, 0.2) is 17.3 Å². The molecule has 0 amide bonds. The number of alkyl halides is 3. The molecule has 154 valence electrons. The number of halogens is 3. The molecule has 31 heavy (non-hydrogen) atoms. The van der Waals surface area contributed by atoms with Crippen LogP contribution in [0, 0.1) is 0 Å². The summed E-state index contributed by atoms with van der Waals surface area (Å²) in [5.74, 6) is 0.733. The highest BCUT2D eigenvalue weighted by molar-refractivity contribution is 5.91. The van der Waals surface area contributed by atoms with Gasteiger partial charge >= 0.3 is 6.18 Å². The Hall–Kier alpha value is -4.01. The Morgan fingerprint density at radius 3 is 2.29 bits per heavy atom. The Labute approximate surface area is 174 Å². The van der Waals surface area contributed by atoms with E-state index in [1.165, 1.54) is 12.1 Å². The van der Waals surface area contributed by atoms with Crippen molar-refractivity contribution in [2.45, 2.75) is 6.18 Å². The van der Waals surface area contributed by atoms with Crippen LogP contribution in [0.1, 0.15) is 5.69 Å². The minimum absolute atomic E-state index is 0.110. The topological polar surface area (TPSA) is 60.9 Å². The van der Waals surface area contributed by atoms with Gasteiger partial charge in [0.05, 0.1) is 0 Å². The molecule has 5 aromatic rings. The maximum atomic E-state index is 13.5. The van der Waals surface area contributed by atoms with Crippen LogP contribution in [-0.4, -0.2) is 29.4 Å². The van der Waals surface area contributed by atoms with E-state index >= 15 is 0 Å². The molecular formula is C22H15F3N6. The molecule has 0 N–H and O–H groups in total. The van der Waals surface area contributed by atoms with Gasteiger partial charge in [0.1, 0.15) is 12.0 Å². The fraction of sp³-hybridized carbons (Fsp3) is 0.0909. The van der Waals surface area contributed by atoms with Crippen molar-refractivity contribution < 1.29 is 13.2 Å². The lowest BCUT2D eigenvalue weighted by atomic mass is 9.94. The zero-order valence-electron chi connectivity index (χ0n) is 16.2. The summed E-state index contributed by atoms with van der Waals surface area (Å²) in [6, 6.07) is 19.0. The van der Waals surface area contributed by atoms with Gasteiger partial charge in [-0.05, 0) is 23.3 Å². The number of rotatable bonds is 3. The number of fused-ring (bicyclic) bond motifs is 1. The lowest BCUT2D eigenvalue weighted by Crippen LogP contribution is -2.12. The highest BCUT2D eigenvalue weighted by Crippen LogP contribution is 2.38. The molecule has 2 aromatic carbocycles. The van der Waals surface area contributed by atoms with E-state index in [0.29, 0.717) is 17.0 Å². The first-order valence-corrected chi connectivity index (χ1v) is 9.39. The number of pyridine rings is 1. The predicted molar refractivity (Wildman–Crippen MR) is 109 cm³/mol. The van der Waals surface area contributed by atoms with Crippen LogP contribution in [0.25, 0.3) is 39.5 Å². The van der Waals surface area contributed by atoms with E-state index in [1.54, 1.807) is 24.0 Å². The van der Waals surface area contributed by atoms with E-state index in [9.17, 15) is 13.2 Å². The van der Waals surface area contributed by atoms with Crippen molar-refractivity contribution in [3.05, 3.63) is 78.8 Å². The summed E-state index contributed by atoms with van der Waals surface area (Å²) in [7, 11) is 1.81. The van der Waals surface area contributed by atoms with Crippen LogP contribution in [-0.2, 0) is 13.2 Å². The van der Waals surface area contributed by atoms with Gasteiger partial charge in [-0.1, -0.05) is 54.6 Å². The number of hydrogen-bond donors (Lipinski definition) is 0. The summed E-state index contributed by atoms with van der Waals surface area (Å²) in [5.41, 5.74) is 2.26. The van der Waals surface area contributed by atoms with E-state index in [-0.39, 0.29) is 11.5 Å². The number of aromatic nitrogens is 6. The third-order valence-electron chi connectivity index (χ3n) is 4.98. The van der Waals surface area contributed by atoms with Crippen LogP contribution < -0.4 is 0 Å². The summed E-state index contributed by atoms with van der Waals surface area (Å²) >= 11 is 0. The molecule has 0 aliphatic carbocycles.